The molecule has 2 heterocycles. The maximum atomic E-state index is 12.9. The molecule has 114 valence electrons. The van der Waals surface area contributed by atoms with Crippen LogP contribution in [-0.2, 0) is 12.6 Å². The third kappa shape index (κ3) is 2.62. The summed E-state index contributed by atoms with van der Waals surface area (Å²) in [6.07, 6.45) is -3.14. The van der Waals surface area contributed by atoms with Crippen LogP contribution in [0.4, 0.5) is 19.0 Å². The van der Waals surface area contributed by atoms with Gasteiger partial charge in [-0.3, -0.25) is 4.40 Å². The van der Waals surface area contributed by atoms with Crippen molar-refractivity contribution in [2.45, 2.75) is 12.6 Å². The number of hydrogen-bond donors (Lipinski definition) is 1. The first-order valence-corrected chi connectivity index (χ1v) is 6.81. The minimum Gasteiger partial charge on any atom is -0.382 e. The third-order valence-electron chi connectivity index (χ3n) is 3.35. The quantitative estimate of drug-likeness (QED) is 0.768. The number of rotatable bonds is 2. The van der Waals surface area contributed by atoms with Crippen molar-refractivity contribution < 1.29 is 13.2 Å². The number of pyridine rings is 1. The second kappa shape index (κ2) is 5.21. The van der Waals surface area contributed by atoms with Crippen LogP contribution >= 0.6 is 11.6 Å². The van der Waals surface area contributed by atoms with E-state index >= 15 is 0 Å². The van der Waals surface area contributed by atoms with Crippen molar-refractivity contribution in [3.05, 3.63) is 64.4 Å². The van der Waals surface area contributed by atoms with Gasteiger partial charge in [-0.05, 0) is 11.6 Å². The number of halogens is 4. The molecular formula is C15H11ClF3N3. The van der Waals surface area contributed by atoms with Crippen LogP contribution < -0.4 is 5.73 Å². The first kappa shape index (κ1) is 14.7. The summed E-state index contributed by atoms with van der Waals surface area (Å²) >= 11 is 5.92. The molecule has 0 saturated heterocycles. The molecule has 0 saturated carbocycles. The fourth-order valence-electron chi connectivity index (χ4n) is 2.29. The molecule has 0 aliphatic heterocycles. The van der Waals surface area contributed by atoms with Crippen LogP contribution in [0.1, 0.15) is 16.8 Å². The maximum absolute atomic E-state index is 12.9. The maximum Gasteiger partial charge on any atom is 0.417 e. The van der Waals surface area contributed by atoms with Crippen molar-refractivity contribution in [3.8, 4) is 0 Å². The Morgan fingerprint density at radius 1 is 1.18 bits per heavy atom. The molecule has 3 aromatic rings. The number of alkyl halides is 3. The van der Waals surface area contributed by atoms with E-state index in [1.807, 2.05) is 30.3 Å². The molecule has 3 nitrogen and oxygen atoms in total. The van der Waals surface area contributed by atoms with Crippen LogP contribution in [-0.4, -0.2) is 9.38 Å². The van der Waals surface area contributed by atoms with Gasteiger partial charge in [0.1, 0.15) is 5.82 Å². The summed E-state index contributed by atoms with van der Waals surface area (Å²) in [6.45, 7) is 0. The molecule has 1 aromatic carbocycles. The predicted octanol–water partition coefficient (Wildman–Crippen LogP) is 4.18. The normalized spacial score (nSPS) is 12.0. The average molecular weight is 326 g/mol. The lowest BCUT2D eigenvalue weighted by Crippen LogP contribution is -2.08. The summed E-state index contributed by atoms with van der Waals surface area (Å²) in [6, 6.07) is 10.2. The zero-order chi connectivity index (χ0) is 15.9. The van der Waals surface area contributed by atoms with E-state index in [2.05, 4.69) is 4.98 Å². The molecule has 0 bridgehead atoms. The Morgan fingerprint density at radius 3 is 2.50 bits per heavy atom. The lowest BCUT2D eigenvalue weighted by Gasteiger charge is -2.10. The molecule has 0 radical (unpaired) electrons. The minimum absolute atomic E-state index is 0.0826. The van der Waals surface area contributed by atoms with Gasteiger partial charge in [-0.25, -0.2) is 4.98 Å². The van der Waals surface area contributed by atoms with Gasteiger partial charge in [-0.1, -0.05) is 41.9 Å². The Kier molecular flexibility index (Phi) is 3.48. The Hall–Kier alpha value is -2.21. The molecule has 2 aromatic heterocycles. The van der Waals surface area contributed by atoms with Gasteiger partial charge < -0.3 is 5.73 Å². The van der Waals surface area contributed by atoms with Gasteiger partial charge in [-0.15, -0.1) is 0 Å². The molecule has 0 amide bonds. The van der Waals surface area contributed by atoms with Crippen LogP contribution in [0.25, 0.3) is 5.65 Å². The lowest BCUT2D eigenvalue weighted by molar-refractivity contribution is -0.137. The van der Waals surface area contributed by atoms with Crippen LogP contribution in [0.15, 0.2) is 42.6 Å². The van der Waals surface area contributed by atoms with Crippen molar-refractivity contribution in [2.75, 3.05) is 5.73 Å². The number of nitrogens with zero attached hydrogens (tertiary/aromatic N) is 2. The lowest BCUT2D eigenvalue weighted by atomic mass is 10.1. The monoisotopic (exact) mass is 325 g/mol. The summed E-state index contributed by atoms with van der Waals surface area (Å²) in [5.74, 6) is 0.171. The fraction of sp³-hybridized carbons (Fsp3) is 0.133. The van der Waals surface area contributed by atoms with Crippen molar-refractivity contribution in [2.24, 2.45) is 0 Å². The molecule has 22 heavy (non-hydrogen) atoms. The second-order valence-corrected chi connectivity index (χ2v) is 5.28. The molecule has 0 atom stereocenters. The molecule has 2 N–H and O–H groups in total. The van der Waals surface area contributed by atoms with Crippen molar-refractivity contribution in [3.63, 3.8) is 0 Å². The summed E-state index contributed by atoms with van der Waals surface area (Å²) < 4.78 is 40.1. The fourth-order valence-corrected chi connectivity index (χ4v) is 2.54. The van der Waals surface area contributed by atoms with Crippen LogP contribution in [0.5, 0.6) is 0 Å². The number of benzene rings is 1. The molecule has 0 aliphatic rings. The van der Waals surface area contributed by atoms with E-state index in [0.717, 1.165) is 17.8 Å². The van der Waals surface area contributed by atoms with E-state index < -0.39 is 11.7 Å². The second-order valence-electron chi connectivity index (χ2n) is 4.87. The standard InChI is InChI=1S/C15H11ClF3N3/c16-11-7-10(15(17,18)19)8-22-12(13(20)21-14(11)22)6-9-4-2-1-3-5-9/h1-5,7-8H,6,20H2. The Bertz CT molecular complexity index is 825. The van der Waals surface area contributed by atoms with Crippen molar-refractivity contribution in [1.29, 1.82) is 0 Å². The van der Waals surface area contributed by atoms with Crippen LogP contribution in [0.3, 0.4) is 0 Å². The SMILES string of the molecule is Nc1nc2c(Cl)cc(C(F)(F)F)cn2c1Cc1ccccc1. The van der Waals surface area contributed by atoms with E-state index in [0.29, 0.717) is 12.1 Å². The summed E-state index contributed by atoms with van der Waals surface area (Å²) in [5, 5.41) is -0.0826. The first-order valence-electron chi connectivity index (χ1n) is 6.43. The highest BCUT2D eigenvalue weighted by Gasteiger charge is 2.32. The smallest absolute Gasteiger partial charge is 0.382 e. The van der Waals surface area contributed by atoms with Gasteiger partial charge in [-0.2, -0.15) is 13.2 Å². The number of aromatic nitrogens is 2. The number of nitrogen functional groups attached to an aromatic ring is 1. The van der Waals surface area contributed by atoms with Gasteiger partial charge >= 0.3 is 6.18 Å². The van der Waals surface area contributed by atoms with E-state index in [4.69, 9.17) is 17.3 Å². The summed E-state index contributed by atoms with van der Waals surface area (Å²) in [4.78, 5) is 4.07. The highest BCUT2D eigenvalue weighted by atomic mass is 35.5. The van der Waals surface area contributed by atoms with E-state index in [-0.39, 0.29) is 16.5 Å². The highest BCUT2D eigenvalue weighted by Crippen LogP contribution is 2.33. The largest absolute Gasteiger partial charge is 0.417 e. The van der Waals surface area contributed by atoms with E-state index in [9.17, 15) is 13.2 Å². The van der Waals surface area contributed by atoms with E-state index in [1.54, 1.807) is 0 Å². The highest BCUT2D eigenvalue weighted by molar-refractivity contribution is 6.33. The molecule has 3 rings (SSSR count). The topological polar surface area (TPSA) is 43.3 Å². The molecule has 0 aliphatic carbocycles. The third-order valence-corrected chi connectivity index (χ3v) is 3.62. The number of imidazole rings is 1. The molecule has 7 heteroatoms. The Morgan fingerprint density at radius 2 is 1.86 bits per heavy atom. The van der Waals surface area contributed by atoms with Gasteiger partial charge in [0, 0.05) is 12.6 Å². The van der Waals surface area contributed by atoms with Crippen LogP contribution in [0.2, 0.25) is 5.02 Å². The number of nitrogens with two attached hydrogens (primary N) is 1. The molecule has 0 fully saturated rings. The van der Waals surface area contributed by atoms with Gasteiger partial charge in [0.2, 0.25) is 0 Å². The van der Waals surface area contributed by atoms with E-state index in [1.165, 1.54) is 4.40 Å². The first-order chi connectivity index (χ1) is 10.4. The van der Waals surface area contributed by atoms with Crippen molar-refractivity contribution in [1.82, 2.24) is 9.38 Å². The van der Waals surface area contributed by atoms with Gasteiger partial charge in [0.25, 0.3) is 0 Å². The Balaban J connectivity index is 2.17. The minimum atomic E-state index is -4.49. The number of anilines is 1. The zero-order valence-electron chi connectivity index (χ0n) is 11.2. The Labute approximate surface area is 129 Å². The zero-order valence-corrected chi connectivity index (χ0v) is 12.0. The molecular weight excluding hydrogens is 315 g/mol. The molecule has 0 spiro atoms. The summed E-state index contributed by atoms with van der Waals surface area (Å²) in [7, 11) is 0. The van der Waals surface area contributed by atoms with Crippen molar-refractivity contribution >= 4 is 23.1 Å². The van der Waals surface area contributed by atoms with Gasteiger partial charge in [0.15, 0.2) is 5.65 Å². The molecule has 0 unspecified atom stereocenters. The summed E-state index contributed by atoms with van der Waals surface area (Å²) in [5.41, 5.74) is 6.64. The number of hydrogen-bond acceptors (Lipinski definition) is 2. The predicted molar refractivity (Wildman–Crippen MR) is 78.9 cm³/mol. The number of fused-ring (bicyclic) bond motifs is 1. The van der Waals surface area contributed by atoms with Crippen LogP contribution in [0, 0.1) is 0 Å². The van der Waals surface area contributed by atoms with Gasteiger partial charge in [0.05, 0.1) is 16.3 Å². The average Bonchev–Trinajstić information content (AvgIpc) is 2.77.